The molecule has 0 bridgehead atoms. The lowest BCUT2D eigenvalue weighted by Crippen LogP contribution is -2.64. The molecular weight excluding hydrogens is 1070 g/mol. The van der Waals surface area contributed by atoms with E-state index in [1.165, 1.54) is 0 Å². The summed E-state index contributed by atoms with van der Waals surface area (Å²) in [7, 11) is -9.33. The van der Waals surface area contributed by atoms with Crippen LogP contribution < -0.4 is 30.2 Å². The van der Waals surface area contributed by atoms with Crippen LogP contribution in [-0.2, 0) is 43.4 Å². The van der Waals surface area contributed by atoms with Crippen molar-refractivity contribution in [3.8, 4) is 0 Å². The molecule has 0 amide bonds. The Balaban J connectivity index is 0.000000336. The molecule has 0 fully saturated rings. The van der Waals surface area contributed by atoms with Crippen LogP contribution in [0.25, 0.3) is 12.2 Å². The number of nitrogens with one attached hydrogen (secondary N) is 2. The number of aromatic nitrogens is 2. The first-order chi connectivity index (χ1) is 36.8. The predicted octanol–water partition coefficient (Wildman–Crippen LogP) is 12.4. The van der Waals surface area contributed by atoms with Gasteiger partial charge in [0.1, 0.15) is 31.2 Å². The van der Waals surface area contributed by atoms with E-state index in [0.717, 1.165) is 20.7 Å². The molecular formula is C64H90N6O6S2Si2. The Bertz CT molecular complexity index is 3280. The normalized spacial score (nSPS) is 16.5. The van der Waals surface area contributed by atoms with Gasteiger partial charge >= 0.3 is 11.9 Å². The standard InChI is InChI=1S/C32H43N3O3SSi.C30H39N3O3SSi.2CH4/c1-10-27-29(23-35(9)30(27)31(36)38-12-3)39(37,33-28(11-2)24(4)5)34-40(32(6,7)8,25-19-15-13-16-20-25)26-21-17-14-18-22-26;1-8-36-29(34)28-25-19-20-26(22(2)3)31-37(35,27(25)21-33(28)7)32-38(30(4,5)6,23-15-11-9-12-16-23)24-17-13-10-14-18-24;;/h10-11,13-24,28H,1-2,12H2,3-9H3,(H,33,34,37);9-22,26H,8H2,1-7H3,(H,31,32,35);2*1H4/t28-,39?;26-,37?;;/m01../s1. The number of carbonyl (C=O) groups is 2. The molecule has 2 unspecified atom stereocenters. The predicted molar refractivity (Wildman–Crippen MR) is 342 cm³/mol. The minimum absolute atomic E-state index is 0. The van der Waals surface area contributed by atoms with Crippen LogP contribution in [0.1, 0.15) is 130 Å². The molecule has 3 heterocycles. The lowest BCUT2D eigenvalue weighted by atomic mass is 10.0. The van der Waals surface area contributed by atoms with Crippen molar-refractivity contribution in [2.75, 3.05) is 13.2 Å². The van der Waals surface area contributed by atoms with Crippen molar-refractivity contribution in [2.45, 2.75) is 130 Å². The first-order valence-electron chi connectivity index (χ1n) is 26.8. The summed E-state index contributed by atoms with van der Waals surface area (Å²) < 4.78 is 63.3. The second-order valence-electron chi connectivity index (χ2n) is 22.4. The summed E-state index contributed by atoms with van der Waals surface area (Å²) in [5, 5.41) is 3.56. The SMILES string of the molecule is C.C.C=Cc1c(S(=O)(=N[Si](c2ccccc2)(c2ccccc2)C(C)(C)C)N[C@@H](C=C)C(C)C)cn(C)c1C(=O)OCC.CCOC(=O)c1c2c(cn1C)S(=O)(=N[Si](c1ccccc1)(c1ccccc1)C(C)(C)C)N[C@@H](C(C)C)C=C2. The molecule has 6 aromatic rings. The second kappa shape index (κ2) is 27.1. The van der Waals surface area contributed by atoms with Gasteiger partial charge in [0.25, 0.3) is 16.5 Å². The molecule has 0 saturated carbocycles. The van der Waals surface area contributed by atoms with Crippen LogP contribution in [-0.4, -0.2) is 71.3 Å². The molecule has 0 saturated heterocycles. The smallest absolute Gasteiger partial charge is 0.355 e. The Morgan fingerprint density at radius 3 is 1.50 bits per heavy atom. The molecule has 1 aliphatic rings. The van der Waals surface area contributed by atoms with Crippen molar-refractivity contribution >= 4 is 81.1 Å². The van der Waals surface area contributed by atoms with E-state index in [-0.39, 0.29) is 62.1 Å². The fourth-order valence-corrected chi connectivity index (χ4v) is 28.5. The molecule has 4 atom stereocenters. The minimum Gasteiger partial charge on any atom is -0.461 e. The fraction of sp³-hybridized carbons (Fsp3) is 0.375. The highest BCUT2D eigenvalue weighted by Crippen LogP contribution is 2.41. The monoisotopic (exact) mass is 1160 g/mol. The van der Waals surface area contributed by atoms with Gasteiger partial charge in [-0.05, 0) is 56.5 Å². The lowest BCUT2D eigenvalue weighted by molar-refractivity contribution is 0.0505. The maximum absolute atomic E-state index is 15.7. The fourth-order valence-electron chi connectivity index (χ4n) is 10.3. The van der Waals surface area contributed by atoms with Gasteiger partial charge in [0.05, 0.1) is 23.0 Å². The average Bonchev–Trinajstić information content (AvgIpc) is 3.90. The van der Waals surface area contributed by atoms with Crippen molar-refractivity contribution in [1.29, 1.82) is 0 Å². The number of hydrogen-bond acceptors (Lipinski definition) is 8. The zero-order valence-electron chi connectivity index (χ0n) is 48.2. The van der Waals surface area contributed by atoms with Crippen LogP contribution in [0.4, 0.5) is 0 Å². The number of hydrogen-bond donors (Lipinski definition) is 2. The zero-order valence-corrected chi connectivity index (χ0v) is 51.8. The van der Waals surface area contributed by atoms with E-state index in [1.54, 1.807) is 61.6 Å². The number of aryl methyl sites for hydroxylation is 2. The zero-order chi connectivity index (χ0) is 57.4. The van der Waals surface area contributed by atoms with Crippen molar-refractivity contribution in [2.24, 2.45) is 34.0 Å². The first-order valence-corrected chi connectivity index (χ1v) is 33.7. The van der Waals surface area contributed by atoms with E-state index in [0.29, 0.717) is 32.3 Å². The van der Waals surface area contributed by atoms with E-state index >= 15 is 8.42 Å². The van der Waals surface area contributed by atoms with Gasteiger partial charge in [0.15, 0.2) is 0 Å². The topological polar surface area (TPSA) is 145 Å². The number of fused-ring (bicyclic) bond motifs is 1. The molecule has 1 aliphatic heterocycles. The summed E-state index contributed by atoms with van der Waals surface area (Å²) in [6.07, 6.45) is 10.8. The molecule has 432 valence electrons. The van der Waals surface area contributed by atoms with Crippen LogP contribution in [0.5, 0.6) is 0 Å². The molecule has 80 heavy (non-hydrogen) atoms. The van der Waals surface area contributed by atoms with Crippen LogP contribution in [0.15, 0.2) is 177 Å². The number of rotatable bonds is 17. The van der Waals surface area contributed by atoms with Crippen molar-refractivity contribution in [3.63, 3.8) is 0 Å². The third kappa shape index (κ3) is 13.3. The number of ether oxygens (including phenoxy) is 2. The van der Waals surface area contributed by atoms with Crippen LogP contribution in [0, 0.1) is 11.8 Å². The highest BCUT2D eigenvalue weighted by molar-refractivity contribution is 7.93. The average molecular weight is 1160 g/mol. The molecule has 4 aromatic carbocycles. The maximum atomic E-state index is 15.7. The molecule has 7 rings (SSSR count). The van der Waals surface area contributed by atoms with Gasteiger partial charge < -0.3 is 18.6 Å². The Kier molecular flexibility index (Phi) is 22.5. The van der Waals surface area contributed by atoms with Crippen LogP contribution in [0.3, 0.4) is 0 Å². The van der Waals surface area contributed by atoms with E-state index in [2.05, 4.69) is 127 Å². The molecule has 0 aliphatic carbocycles. The highest BCUT2D eigenvalue weighted by atomic mass is 32.2. The number of esters is 2. The molecule has 0 spiro atoms. The Morgan fingerprint density at radius 1 is 0.713 bits per heavy atom. The molecule has 2 aromatic heterocycles. The largest absolute Gasteiger partial charge is 0.461 e. The van der Waals surface area contributed by atoms with E-state index in [4.69, 9.17) is 17.5 Å². The third-order valence-corrected chi connectivity index (χ3v) is 30.6. The highest BCUT2D eigenvalue weighted by Gasteiger charge is 2.52. The van der Waals surface area contributed by atoms with E-state index < -0.39 is 48.2 Å². The van der Waals surface area contributed by atoms with Gasteiger partial charge in [-0.1, -0.05) is 236 Å². The lowest BCUT2D eigenvalue weighted by Gasteiger charge is -2.41. The number of nitrogens with zero attached hydrogens (tertiary/aromatic N) is 4. The van der Waals surface area contributed by atoms with Gasteiger partial charge in [0.2, 0.25) is 0 Å². The Morgan fingerprint density at radius 2 is 1.12 bits per heavy atom. The summed E-state index contributed by atoms with van der Waals surface area (Å²) >= 11 is 0. The third-order valence-electron chi connectivity index (χ3n) is 14.3. The van der Waals surface area contributed by atoms with E-state index in [1.807, 2.05) is 98.8 Å². The Labute approximate surface area is 483 Å². The van der Waals surface area contributed by atoms with Crippen molar-refractivity contribution in [1.82, 2.24) is 18.6 Å². The molecule has 2 N–H and O–H groups in total. The van der Waals surface area contributed by atoms with Crippen LogP contribution in [0.2, 0.25) is 10.1 Å². The number of carbonyl (C=O) groups excluding carboxylic acids is 2. The summed E-state index contributed by atoms with van der Waals surface area (Å²) in [5.74, 6) is -0.683. The van der Waals surface area contributed by atoms with Gasteiger partial charge in [0, 0.05) is 49.7 Å². The molecule has 0 radical (unpaired) electrons. The van der Waals surface area contributed by atoms with Gasteiger partial charge in [-0.15, -0.1) is 6.58 Å². The maximum Gasteiger partial charge on any atom is 0.355 e. The first kappa shape index (κ1) is 66.4. The minimum atomic E-state index is -3.39. The Hall–Kier alpha value is -6.15. The number of benzene rings is 4. The summed E-state index contributed by atoms with van der Waals surface area (Å²) in [5.41, 5.74) is 1.73. The summed E-state index contributed by atoms with van der Waals surface area (Å²) in [4.78, 5) is 27.0. The van der Waals surface area contributed by atoms with Gasteiger partial charge in [-0.3, -0.25) is 0 Å². The van der Waals surface area contributed by atoms with Crippen molar-refractivity contribution in [3.05, 3.63) is 182 Å². The summed E-state index contributed by atoms with van der Waals surface area (Å²) in [6, 6.07) is 40.4. The quantitative estimate of drug-likeness (QED) is 0.0528. The van der Waals surface area contributed by atoms with E-state index in [9.17, 15) is 9.59 Å². The summed E-state index contributed by atoms with van der Waals surface area (Å²) in [6.45, 7) is 33.4. The van der Waals surface area contributed by atoms with Gasteiger partial charge in [-0.2, -0.15) is 0 Å². The van der Waals surface area contributed by atoms with Crippen LogP contribution >= 0.6 is 0 Å². The van der Waals surface area contributed by atoms with Gasteiger partial charge in [-0.25, -0.2) is 35.5 Å². The molecule has 16 heteroatoms. The second-order valence-corrected chi connectivity index (χ2v) is 35.4. The van der Waals surface area contributed by atoms with Crippen molar-refractivity contribution < 1.29 is 27.5 Å². The molecule has 12 nitrogen and oxygen atoms in total.